The zero-order valence-corrected chi connectivity index (χ0v) is 75.5. The Labute approximate surface area is 692 Å². The number of hydrogen-bond acceptors (Lipinski definition) is 25. The molecule has 32 nitrogen and oxygen atoms in total. The molecule has 2 rings (SSSR count). The molecule has 674 valence electrons. The highest BCUT2D eigenvalue weighted by Crippen LogP contribution is 2.30. The molecule has 0 aromatic heterocycles. The van der Waals surface area contributed by atoms with Crippen LogP contribution in [0.2, 0.25) is 0 Å². The molecule has 9 atom stereocenters. The van der Waals surface area contributed by atoms with Crippen molar-refractivity contribution in [3.05, 3.63) is 0 Å². The number of hydrogen-bond donors (Lipinski definition) is 12. The number of esters is 5. The number of halogens is 1. The predicted molar refractivity (Wildman–Crippen MR) is 431 cm³/mol. The molecule has 0 saturated carbocycles. The van der Waals surface area contributed by atoms with Gasteiger partial charge in [0.2, 0.25) is 29.5 Å². The summed E-state index contributed by atoms with van der Waals surface area (Å²) >= 11 is 0. The third-order valence-electron chi connectivity index (χ3n) is 16.1. The molecule has 2 saturated heterocycles. The largest absolute Gasteiger partial charge is 1.00 e. The SMILES string of the molecule is CC(C)C[C@H](CC(=O)OC(C)(C)C)C(=O)NCCC(C)(C)O.CC(C)C[C@H](CC(=O)[C@H]1O[C@@H]1C(=O)O)C(=O)NCCC(C)(C)O.CC(C)C[C@H](N)C(=O)NCCC(C)(C)O.CCOC(=O)[C@H]1O[C@@H]1C(=O)C[C@@H](CC(C)C)C(=O)NCCC(C)(C)O.COC(=O)CCNC(=O)[C@@H](CC(=O)OC(C)(C)C)CC(C)C.COC(=O)CC[NH3+].[Cl-]. The van der Waals surface area contributed by atoms with E-state index in [0.29, 0.717) is 109 Å². The number of nitrogens with one attached hydrogen (secondary N) is 5. The summed E-state index contributed by atoms with van der Waals surface area (Å²) in [5.74, 6) is -4.90. The van der Waals surface area contributed by atoms with Crippen molar-refractivity contribution >= 4 is 76.9 Å². The van der Waals surface area contributed by atoms with E-state index in [9.17, 15) is 82.8 Å². The number of ether oxygens (including phenoxy) is 7. The van der Waals surface area contributed by atoms with Crippen LogP contribution in [0.25, 0.3) is 0 Å². The molecule has 2 aliphatic heterocycles. The molecule has 0 aromatic carbocycles. The zero-order valence-electron chi connectivity index (χ0n) is 74.7. The minimum Gasteiger partial charge on any atom is -1.00 e. The van der Waals surface area contributed by atoms with E-state index in [2.05, 4.69) is 41.8 Å². The van der Waals surface area contributed by atoms with E-state index in [-0.39, 0.29) is 140 Å². The number of carboxylic acid groups (broad SMARTS) is 1. The smallest absolute Gasteiger partial charge is 0.338 e. The van der Waals surface area contributed by atoms with Crippen molar-refractivity contribution in [1.82, 2.24) is 26.6 Å². The van der Waals surface area contributed by atoms with Crippen LogP contribution in [-0.2, 0) is 95.5 Å². The standard InChI is InChI=1S/C18H31NO6.C17H33NO4.C16H27NO6.C16H29NO5.C11H24N2O2.C4H9NO2.ClH/c1-6-24-17(22)15-14(25-15)13(20)10-12(9-11(2)3)16(21)19-8-7-18(4,5)23;1-12(2)10-13(11-14(19)22-16(3,4)5)15(20)18-9-8-17(6,7)21;1-9(2)7-10(14(19)17-6-5-16(3,4)22)8-11(18)12-13(23-12)15(20)21;1-11(2)9-12(10-14(19)22-16(3,4)5)15(20)17-8-7-13(18)21-6;1-8(2)7-9(12)10(14)13-6-5-11(3,4)15;1-7-4(6)2-3-5;/h11-12,14-15,23H,6-10H2,1-5H3,(H,19,21);12-13,21H,8-11H2,1-7H3,(H,18,20);9-10,12-13,22H,5-8H2,1-4H3,(H,17,19)(H,20,21);11-12H,7-10H2,1-6H3,(H,17,20);8-9,15H,5-7,12H2,1-4H3,(H,13,14);2-3,5H2,1H3;1H/t12-,14-,15+;13-;10-,12-,13+;12-;9-;;/m11110../s1. The molecule has 0 unspecified atom stereocenters. The minimum absolute atomic E-state index is 0. The molecule has 0 radical (unpaired) electrons. The summed E-state index contributed by atoms with van der Waals surface area (Å²) < 4.78 is 34.2. The lowest BCUT2D eigenvalue weighted by atomic mass is 9.90. The summed E-state index contributed by atoms with van der Waals surface area (Å²) in [5, 5.41) is 60.9. The van der Waals surface area contributed by atoms with Crippen LogP contribution in [0.3, 0.4) is 0 Å². The Bertz CT molecular complexity index is 2890. The first-order valence-corrected chi connectivity index (χ1v) is 40.1. The summed E-state index contributed by atoms with van der Waals surface area (Å²) in [6, 6.07) is -0.438. The lowest BCUT2D eigenvalue weighted by Crippen LogP contribution is -3.00. The number of Topliss-reactive ketones (excluding diaryl/α,β-unsaturated/α-hetero) is 2. The second-order valence-corrected chi connectivity index (χ2v) is 35.7. The molecule has 33 heteroatoms. The Kier molecular flexibility index (Phi) is 59.4. The maximum absolute atomic E-state index is 12.4. The molecule has 2 fully saturated rings. The fourth-order valence-electron chi connectivity index (χ4n) is 10.5. The highest BCUT2D eigenvalue weighted by molar-refractivity contribution is 5.97. The van der Waals surface area contributed by atoms with Gasteiger partial charge in [-0.05, 0) is 191 Å². The summed E-state index contributed by atoms with van der Waals surface area (Å²) in [6.07, 6.45) is 1.91. The van der Waals surface area contributed by atoms with Crippen LogP contribution < -0.4 is 50.5 Å². The third kappa shape index (κ3) is 69.2. The van der Waals surface area contributed by atoms with Gasteiger partial charge in [-0.25, -0.2) is 9.59 Å². The van der Waals surface area contributed by atoms with Gasteiger partial charge in [0.05, 0.1) is 81.5 Å². The monoisotopic (exact) mass is 1670 g/mol. The number of epoxide rings is 2. The quantitative estimate of drug-likeness (QED) is 0.0237. The molecular weight excluding hydrogens is 1520 g/mol. The number of amides is 5. The van der Waals surface area contributed by atoms with Crippen LogP contribution in [0, 0.1) is 53.3 Å². The molecule has 2 aliphatic rings. The van der Waals surface area contributed by atoms with Crippen molar-refractivity contribution in [3.8, 4) is 0 Å². The van der Waals surface area contributed by atoms with E-state index in [1.165, 1.54) is 14.2 Å². The van der Waals surface area contributed by atoms with Crippen LogP contribution in [0.5, 0.6) is 0 Å². The van der Waals surface area contributed by atoms with Gasteiger partial charge in [0.1, 0.15) is 11.2 Å². The van der Waals surface area contributed by atoms with Gasteiger partial charge in [0.25, 0.3) is 0 Å². The van der Waals surface area contributed by atoms with Gasteiger partial charge in [-0.3, -0.25) is 52.7 Å². The van der Waals surface area contributed by atoms with E-state index in [4.69, 9.17) is 34.5 Å². The van der Waals surface area contributed by atoms with Crippen LogP contribution >= 0.6 is 0 Å². The fourth-order valence-corrected chi connectivity index (χ4v) is 10.5. The molecule has 0 aliphatic carbocycles. The molecule has 15 N–H and O–H groups in total. The number of nitrogens with two attached hydrogens (primary N) is 1. The second kappa shape index (κ2) is 58.4. The van der Waals surface area contributed by atoms with Gasteiger partial charge in [0, 0.05) is 69.2 Å². The van der Waals surface area contributed by atoms with Crippen molar-refractivity contribution in [1.29, 1.82) is 0 Å². The summed E-state index contributed by atoms with van der Waals surface area (Å²) in [4.78, 5) is 152. The maximum Gasteiger partial charge on any atom is 0.338 e. The van der Waals surface area contributed by atoms with Crippen molar-refractivity contribution in [2.75, 3.05) is 60.1 Å². The lowest BCUT2D eigenvalue weighted by Gasteiger charge is -2.23. The Morgan fingerprint density at radius 2 is 0.670 bits per heavy atom. The Morgan fingerprint density at radius 3 is 0.913 bits per heavy atom. The van der Waals surface area contributed by atoms with Crippen molar-refractivity contribution in [2.24, 2.45) is 59.0 Å². The van der Waals surface area contributed by atoms with Gasteiger partial charge >= 0.3 is 35.8 Å². The fraction of sp³-hybridized carbons (Fsp3) is 0.841. The molecule has 0 aromatic rings. The van der Waals surface area contributed by atoms with Gasteiger partial charge in [-0.2, -0.15) is 0 Å². The number of carboxylic acids is 1. The number of quaternary nitrogens is 1. The Balaban J connectivity index is -0.000000431. The van der Waals surface area contributed by atoms with Crippen LogP contribution in [0.15, 0.2) is 0 Å². The lowest BCUT2D eigenvalue weighted by molar-refractivity contribution is -0.366. The van der Waals surface area contributed by atoms with Crippen LogP contribution in [0.4, 0.5) is 0 Å². The highest BCUT2D eigenvalue weighted by atomic mass is 35.5. The van der Waals surface area contributed by atoms with E-state index in [0.717, 1.165) is 0 Å². The first-order chi connectivity index (χ1) is 51.9. The first kappa shape index (κ1) is 117. The van der Waals surface area contributed by atoms with Crippen molar-refractivity contribution < 1.29 is 139 Å². The van der Waals surface area contributed by atoms with Gasteiger partial charge in [-0.15, -0.1) is 0 Å². The zero-order chi connectivity index (χ0) is 89.6. The second-order valence-electron chi connectivity index (χ2n) is 35.7. The van der Waals surface area contributed by atoms with E-state index in [1.54, 1.807) is 83.1 Å². The average molecular weight is 1670 g/mol. The van der Waals surface area contributed by atoms with E-state index in [1.807, 2.05) is 90.0 Å². The summed E-state index contributed by atoms with van der Waals surface area (Å²) in [5.41, 5.74) is 4.77. The van der Waals surface area contributed by atoms with Crippen LogP contribution in [-0.4, -0.2) is 227 Å². The Morgan fingerprint density at radius 1 is 0.400 bits per heavy atom. The number of rotatable bonds is 45. The highest BCUT2D eigenvalue weighted by Gasteiger charge is 2.52. The Hall–Kier alpha value is -6.52. The van der Waals surface area contributed by atoms with Crippen LogP contribution in [0.1, 0.15) is 269 Å². The number of ketones is 2. The van der Waals surface area contributed by atoms with E-state index >= 15 is 0 Å². The van der Waals surface area contributed by atoms with Crippen molar-refractivity contribution in [3.63, 3.8) is 0 Å². The summed E-state index contributed by atoms with van der Waals surface area (Å²) in [6.45, 7) is 48.5. The maximum atomic E-state index is 12.4. The number of aliphatic hydroxyl groups is 4. The molecular formula is C82H154ClN7O25. The number of aliphatic carboxylic acids is 1. The first-order valence-electron chi connectivity index (χ1n) is 40.1. The minimum atomic E-state index is -1.15. The van der Waals surface area contributed by atoms with E-state index < -0.39 is 99.7 Å². The average Bonchev–Trinajstić information content (AvgIpc) is 1.66. The number of carbonyl (C=O) groups is 13. The third-order valence-corrected chi connectivity index (χ3v) is 16.1. The van der Waals surface area contributed by atoms with Gasteiger partial charge in [-0.1, -0.05) is 69.2 Å². The molecule has 0 spiro atoms. The molecule has 5 amide bonds. The number of methoxy groups -OCH3 is 2. The molecule has 0 bridgehead atoms. The van der Waals surface area contributed by atoms with Gasteiger partial charge < -0.3 is 109 Å². The van der Waals surface area contributed by atoms with Gasteiger partial charge in [0.15, 0.2) is 36.0 Å². The molecule has 2 heterocycles. The van der Waals surface area contributed by atoms with Crippen molar-refractivity contribution in [2.45, 2.75) is 333 Å². The molecule has 115 heavy (non-hydrogen) atoms. The number of carbonyl (C=O) groups excluding carboxylic acids is 12. The topological polar surface area (TPSA) is 508 Å². The normalized spacial score (nSPS) is 16.3. The summed E-state index contributed by atoms with van der Waals surface area (Å²) in [7, 11) is 2.67. The predicted octanol–water partition coefficient (Wildman–Crippen LogP) is 3.10.